The second-order valence-electron chi connectivity index (χ2n) is 5.31. The largest absolute Gasteiger partial charge is 0.337 e. The van der Waals surface area contributed by atoms with Crippen molar-refractivity contribution >= 4 is 17.5 Å². The van der Waals surface area contributed by atoms with E-state index in [1.54, 1.807) is 4.90 Å². The number of amides is 1. The fourth-order valence-electron chi connectivity index (χ4n) is 2.26. The molecule has 0 unspecified atom stereocenters. The van der Waals surface area contributed by atoms with Crippen molar-refractivity contribution in [1.82, 2.24) is 14.9 Å². The molecular weight excluding hydrogens is 314 g/mol. The molecule has 24 heavy (non-hydrogen) atoms. The van der Waals surface area contributed by atoms with E-state index in [-0.39, 0.29) is 17.5 Å². The Morgan fingerprint density at radius 1 is 1.12 bits per heavy atom. The van der Waals surface area contributed by atoms with E-state index in [0.29, 0.717) is 18.8 Å². The number of aromatic nitrogens is 2. The Kier molecular flexibility index (Phi) is 6.17. The zero-order chi connectivity index (χ0) is 17.5. The number of halogens is 2. The minimum atomic E-state index is -0.968. The number of carbonyl (C=O) groups is 1. The average molecular weight is 334 g/mol. The maximum Gasteiger partial charge on any atom is 0.272 e. The van der Waals surface area contributed by atoms with Crippen LogP contribution in [0.15, 0.2) is 30.5 Å². The molecule has 1 aromatic heterocycles. The number of hydrogen-bond acceptors (Lipinski definition) is 4. The van der Waals surface area contributed by atoms with Crippen molar-refractivity contribution in [3.05, 3.63) is 47.8 Å². The number of benzene rings is 1. The van der Waals surface area contributed by atoms with Gasteiger partial charge in [-0.1, -0.05) is 13.8 Å². The van der Waals surface area contributed by atoms with Crippen LogP contribution in [-0.2, 0) is 0 Å². The fourth-order valence-corrected chi connectivity index (χ4v) is 2.26. The molecule has 0 spiro atoms. The Morgan fingerprint density at radius 2 is 1.83 bits per heavy atom. The standard InChI is InChI=1S/C17H20F2N4O/c1-3-9-23(10-4-2)16(24)15-7-8-20-17(22-15)21-12-5-6-13(18)14(19)11-12/h5-8,11H,3-4,9-10H2,1-2H3,(H,20,21,22). The SMILES string of the molecule is CCCN(CCC)C(=O)c1ccnc(Nc2ccc(F)c(F)c2)n1. The molecule has 0 aliphatic heterocycles. The monoisotopic (exact) mass is 334 g/mol. The van der Waals surface area contributed by atoms with Crippen LogP contribution in [0.2, 0.25) is 0 Å². The van der Waals surface area contributed by atoms with Crippen molar-refractivity contribution in [2.45, 2.75) is 26.7 Å². The predicted molar refractivity (Wildman–Crippen MR) is 88.2 cm³/mol. The molecule has 0 aliphatic carbocycles. The molecule has 7 heteroatoms. The molecule has 1 heterocycles. The fraction of sp³-hybridized carbons (Fsp3) is 0.353. The van der Waals surface area contributed by atoms with Crippen LogP contribution in [0, 0.1) is 11.6 Å². The van der Waals surface area contributed by atoms with E-state index in [2.05, 4.69) is 15.3 Å². The Balaban J connectivity index is 2.18. The maximum atomic E-state index is 13.2. The van der Waals surface area contributed by atoms with Crippen LogP contribution in [0.25, 0.3) is 0 Å². The molecule has 2 aromatic rings. The van der Waals surface area contributed by atoms with Crippen molar-refractivity contribution in [3.8, 4) is 0 Å². The molecule has 2 rings (SSSR count). The van der Waals surface area contributed by atoms with Gasteiger partial charge in [0.15, 0.2) is 11.6 Å². The van der Waals surface area contributed by atoms with Gasteiger partial charge in [0.05, 0.1) is 0 Å². The van der Waals surface area contributed by atoms with Gasteiger partial charge in [0, 0.05) is 31.0 Å². The van der Waals surface area contributed by atoms with Crippen LogP contribution in [-0.4, -0.2) is 33.9 Å². The zero-order valence-electron chi connectivity index (χ0n) is 13.7. The maximum absolute atomic E-state index is 13.2. The summed E-state index contributed by atoms with van der Waals surface area (Å²) in [5.41, 5.74) is 0.564. The lowest BCUT2D eigenvalue weighted by Gasteiger charge is -2.21. The molecule has 0 aliphatic rings. The smallest absolute Gasteiger partial charge is 0.272 e. The summed E-state index contributed by atoms with van der Waals surface area (Å²) in [7, 11) is 0. The molecule has 0 saturated heterocycles. The van der Waals surface area contributed by atoms with E-state index in [4.69, 9.17) is 0 Å². The molecule has 0 atom stereocenters. The minimum absolute atomic E-state index is 0.153. The van der Waals surface area contributed by atoms with Crippen molar-refractivity contribution in [2.24, 2.45) is 0 Å². The lowest BCUT2D eigenvalue weighted by atomic mass is 10.3. The lowest BCUT2D eigenvalue weighted by Crippen LogP contribution is -2.33. The highest BCUT2D eigenvalue weighted by atomic mass is 19.2. The first kappa shape index (κ1) is 17.8. The Bertz CT molecular complexity index is 703. The van der Waals surface area contributed by atoms with Gasteiger partial charge in [-0.3, -0.25) is 4.79 Å². The van der Waals surface area contributed by atoms with E-state index in [1.807, 2.05) is 13.8 Å². The Hall–Kier alpha value is -2.57. The molecule has 0 saturated carbocycles. The molecule has 0 fully saturated rings. The number of nitrogens with zero attached hydrogens (tertiary/aromatic N) is 3. The van der Waals surface area contributed by atoms with Crippen molar-refractivity contribution in [3.63, 3.8) is 0 Å². The molecule has 5 nitrogen and oxygen atoms in total. The van der Waals surface area contributed by atoms with Gasteiger partial charge < -0.3 is 10.2 Å². The number of anilines is 2. The first-order chi connectivity index (χ1) is 11.5. The lowest BCUT2D eigenvalue weighted by molar-refractivity contribution is 0.0749. The molecule has 0 bridgehead atoms. The van der Waals surface area contributed by atoms with Crippen molar-refractivity contribution in [2.75, 3.05) is 18.4 Å². The number of rotatable bonds is 7. The van der Waals surface area contributed by atoms with Crippen LogP contribution in [0.3, 0.4) is 0 Å². The Morgan fingerprint density at radius 3 is 2.46 bits per heavy atom. The highest BCUT2D eigenvalue weighted by Crippen LogP contribution is 2.17. The van der Waals surface area contributed by atoms with Gasteiger partial charge in [-0.15, -0.1) is 0 Å². The normalized spacial score (nSPS) is 10.5. The molecule has 0 radical (unpaired) electrons. The molecule has 1 amide bonds. The molecule has 128 valence electrons. The summed E-state index contributed by atoms with van der Waals surface area (Å²) < 4.78 is 26.2. The van der Waals surface area contributed by atoms with E-state index in [0.717, 1.165) is 25.0 Å². The summed E-state index contributed by atoms with van der Waals surface area (Å²) in [6.45, 7) is 5.32. The summed E-state index contributed by atoms with van der Waals surface area (Å²) in [4.78, 5) is 22.5. The van der Waals surface area contributed by atoms with Crippen molar-refractivity contribution in [1.29, 1.82) is 0 Å². The summed E-state index contributed by atoms with van der Waals surface area (Å²) in [5.74, 6) is -1.92. The third-order valence-corrected chi connectivity index (χ3v) is 3.32. The van der Waals surface area contributed by atoms with Crippen LogP contribution < -0.4 is 5.32 Å². The zero-order valence-corrected chi connectivity index (χ0v) is 13.7. The molecule has 1 aromatic carbocycles. The molecule has 1 N–H and O–H groups in total. The van der Waals surface area contributed by atoms with Crippen LogP contribution in [0.4, 0.5) is 20.4 Å². The third kappa shape index (κ3) is 4.47. The summed E-state index contributed by atoms with van der Waals surface area (Å²) in [6, 6.07) is 4.93. The van der Waals surface area contributed by atoms with E-state index in [1.165, 1.54) is 18.3 Å². The van der Waals surface area contributed by atoms with Crippen LogP contribution in [0.5, 0.6) is 0 Å². The van der Waals surface area contributed by atoms with E-state index in [9.17, 15) is 13.6 Å². The average Bonchev–Trinajstić information content (AvgIpc) is 2.58. The van der Waals surface area contributed by atoms with E-state index >= 15 is 0 Å². The van der Waals surface area contributed by atoms with Gasteiger partial charge in [0.1, 0.15) is 5.69 Å². The van der Waals surface area contributed by atoms with Gasteiger partial charge >= 0.3 is 0 Å². The summed E-state index contributed by atoms with van der Waals surface area (Å²) in [6.07, 6.45) is 3.17. The number of hydrogen-bond donors (Lipinski definition) is 1. The highest BCUT2D eigenvalue weighted by molar-refractivity contribution is 5.92. The van der Waals surface area contributed by atoms with Gasteiger partial charge in [0.25, 0.3) is 5.91 Å². The topological polar surface area (TPSA) is 58.1 Å². The summed E-state index contributed by atoms with van der Waals surface area (Å²) in [5, 5.41) is 2.77. The van der Waals surface area contributed by atoms with Gasteiger partial charge in [-0.25, -0.2) is 18.7 Å². The first-order valence-corrected chi connectivity index (χ1v) is 7.89. The summed E-state index contributed by atoms with van der Waals surface area (Å²) >= 11 is 0. The minimum Gasteiger partial charge on any atom is -0.337 e. The third-order valence-electron chi connectivity index (χ3n) is 3.32. The predicted octanol–water partition coefficient (Wildman–Crippen LogP) is 3.76. The van der Waals surface area contributed by atoms with Gasteiger partial charge in [-0.05, 0) is 31.0 Å². The quantitative estimate of drug-likeness (QED) is 0.837. The number of nitrogens with one attached hydrogen (secondary N) is 1. The Labute approximate surface area is 139 Å². The number of carbonyl (C=O) groups excluding carboxylic acids is 1. The van der Waals surface area contributed by atoms with Crippen molar-refractivity contribution < 1.29 is 13.6 Å². The molecular formula is C17H20F2N4O. The van der Waals surface area contributed by atoms with Crippen LogP contribution >= 0.6 is 0 Å². The van der Waals surface area contributed by atoms with Gasteiger partial charge in [0.2, 0.25) is 5.95 Å². The second kappa shape index (κ2) is 8.33. The highest BCUT2D eigenvalue weighted by Gasteiger charge is 2.16. The van der Waals surface area contributed by atoms with Crippen LogP contribution in [0.1, 0.15) is 37.2 Å². The van der Waals surface area contributed by atoms with E-state index < -0.39 is 11.6 Å². The second-order valence-corrected chi connectivity index (χ2v) is 5.31. The van der Waals surface area contributed by atoms with Gasteiger partial charge in [-0.2, -0.15) is 0 Å². The first-order valence-electron chi connectivity index (χ1n) is 7.89.